The molecule has 1 aromatic heterocycles. The summed E-state index contributed by atoms with van der Waals surface area (Å²) in [5.41, 5.74) is 3.05. The summed E-state index contributed by atoms with van der Waals surface area (Å²) in [4.78, 5) is 23.8. The second-order valence-corrected chi connectivity index (χ2v) is 8.57. The van der Waals surface area contributed by atoms with Crippen LogP contribution in [0.4, 0.5) is 4.39 Å². The first-order valence-corrected chi connectivity index (χ1v) is 10.5. The molecule has 0 spiro atoms. The average molecular weight is 386 g/mol. The van der Waals surface area contributed by atoms with Gasteiger partial charge in [-0.05, 0) is 69.2 Å². The van der Waals surface area contributed by atoms with Crippen molar-refractivity contribution in [2.45, 2.75) is 62.7 Å². The summed E-state index contributed by atoms with van der Waals surface area (Å²) in [6.45, 7) is 3.89. The minimum absolute atomic E-state index is 0.188. The van der Waals surface area contributed by atoms with Gasteiger partial charge in [-0.25, -0.2) is 14.4 Å². The van der Waals surface area contributed by atoms with E-state index in [2.05, 4.69) is 14.9 Å². The smallest absolute Gasteiger partial charge is 0.233 e. The van der Waals surface area contributed by atoms with Gasteiger partial charge in [-0.15, -0.1) is 0 Å². The Morgan fingerprint density at radius 3 is 2.30 bits per heavy atom. The van der Waals surface area contributed by atoms with Gasteiger partial charge in [0, 0.05) is 23.5 Å². The highest BCUT2D eigenvalue weighted by Gasteiger charge is 2.43. The molecule has 1 aromatic carbocycles. The molecule has 2 fully saturated rings. The number of aromatic nitrogens is 2. The van der Waals surface area contributed by atoms with E-state index in [-0.39, 0.29) is 11.7 Å². The summed E-state index contributed by atoms with van der Waals surface area (Å²) in [5, 5.41) is 0.675. The third kappa shape index (κ3) is 4.00. The predicted molar refractivity (Wildman–Crippen MR) is 104 cm³/mol. The second-order valence-electron chi connectivity index (χ2n) is 7.63. The average Bonchev–Trinajstić information content (AvgIpc) is 2.89. The molecule has 3 heterocycles. The van der Waals surface area contributed by atoms with Crippen LogP contribution in [-0.2, 0) is 4.79 Å². The van der Waals surface area contributed by atoms with Crippen LogP contribution in [0.5, 0.6) is 0 Å². The number of hydrogen-bond acceptors (Lipinski definition) is 4. The molecule has 6 heteroatoms. The monoisotopic (exact) mass is 385 g/mol. The standard InChI is InChI=1S/C21H24FN3OS/c1-13-9-14(2)24-21(23-13)27-12-20(26)25-18-7-8-19(25)11-16(10-18)15-3-5-17(22)6-4-15/h3-6,9,16,18-19H,7-8,10-12H2,1-2H3. The van der Waals surface area contributed by atoms with Crippen LogP contribution in [0.2, 0.25) is 0 Å². The summed E-state index contributed by atoms with van der Waals surface area (Å²) in [6, 6.07) is 9.39. The van der Waals surface area contributed by atoms with E-state index in [9.17, 15) is 9.18 Å². The zero-order chi connectivity index (χ0) is 19.0. The number of nitrogens with zero attached hydrogens (tertiary/aromatic N) is 3. The number of amides is 1. The predicted octanol–water partition coefficient (Wildman–Crippen LogP) is 4.26. The van der Waals surface area contributed by atoms with Gasteiger partial charge in [-0.2, -0.15) is 0 Å². The Labute approximate surface area is 163 Å². The minimum atomic E-state index is -0.194. The lowest BCUT2D eigenvalue weighted by Crippen LogP contribution is -2.46. The Kier molecular flexibility index (Phi) is 5.17. The lowest BCUT2D eigenvalue weighted by Gasteiger charge is -2.39. The second kappa shape index (κ2) is 7.58. The zero-order valence-corrected chi connectivity index (χ0v) is 16.5. The SMILES string of the molecule is Cc1cc(C)nc(SCC(=O)N2C3CCC2CC(c2ccc(F)cc2)C3)n1. The molecule has 2 aliphatic rings. The maximum absolute atomic E-state index is 13.2. The number of halogens is 1. The van der Waals surface area contributed by atoms with E-state index in [4.69, 9.17) is 0 Å². The molecule has 0 N–H and O–H groups in total. The molecule has 2 bridgehead atoms. The van der Waals surface area contributed by atoms with Gasteiger partial charge in [-0.1, -0.05) is 23.9 Å². The molecule has 4 nitrogen and oxygen atoms in total. The molecular formula is C21H24FN3OS. The summed E-state index contributed by atoms with van der Waals surface area (Å²) < 4.78 is 13.2. The number of benzene rings is 1. The van der Waals surface area contributed by atoms with E-state index in [1.807, 2.05) is 32.0 Å². The van der Waals surface area contributed by atoms with Crippen molar-refractivity contribution in [1.29, 1.82) is 0 Å². The van der Waals surface area contributed by atoms with Crippen molar-refractivity contribution in [2.75, 3.05) is 5.75 Å². The largest absolute Gasteiger partial charge is 0.336 e. The highest BCUT2D eigenvalue weighted by atomic mass is 32.2. The summed E-state index contributed by atoms with van der Waals surface area (Å²) in [6.07, 6.45) is 4.08. The first-order valence-electron chi connectivity index (χ1n) is 9.51. The fraction of sp³-hybridized carbons (Fsp3) is 0.476. The van der Waals surface area contributed by atoms with Crippen LogP contribution < -0.4 is 0 Å². The Bertz CT molecular complexity index is 808. The molecule has 0 aliphatic carbocycles. The summed E-state index contributed by atoms with van der Waals surface area (Å²) >= 11 is 1.43. The van der Waals surface area contributed by atoms with E-state index in [0.29, 0.717) is 28.9 Å². The van der Waals surface area contributed by atoms with Crippen molar-refractivity contribution >= 4 is 17.7 Å². The molecule has 27 heavy (non-hydrogen) atoms. The fourth-order valence-corrected chi connectivity index (χ4v) is 5.37. The van der Waals surface area contributed by atoms with Crippen LogP contribution in [-0.4, -0.2) is 38.6 Å². The first-order chi connectivity index (χ1) is 13.0. The molecule has 2 aromatic rings. The van der Waals surface area contributed by atoms with Gasteiger partial charge >= 0.3 is 0 Å². The molecular weight excluding hydrogens is 361 g/mol. The summed E-state index contributed by atoms with van der Waals surface area (Å²) in [7, 11) is 0. The van der Waals surface area contributed by atoms with E-state index >= 15 is 0 Å². The van der Waals surface area contributed by atoms with E-state index in [0.717, 1.165) is 37.1 Å². The van der Waals surface area contributed by atoms with Crippen LogP contribution in [0.3, 0.4) is 0 Å². The van der Waals surface area contributed by atoms with Gasteiger partial charge in [0.05, 0.1) is 5.75 Å². The lowest BCUT2D eigenvalue weighted by molar-refractivity contribution is -0.132. The van der Waals surface area contributed by atoms with Crippen LogP contribution in [0.1, 0.15) is 48.6 Å². The van der Waals surface area contributed by atoms with Gasteiger partial charge in [0.2, 0.25) is 5.91 Å². The first kappa shape index (κ1) is 18.4. The van der Waals surface area contributed by atoms with Crippen molar-refractivity contribution < 1.29 is 9.18 Å². The van der Waals surface area contributed by atoms with Crippen LogP contribution in [0, 0.1) is 19.7 Å². The summed E-state index contributed by atoms with van der Waals surface area (Å²) in [5.74, 6) is 0.798. The number of aryl methyl sites for hydroxylation is 2. The van der Waals surface area contributed by atoms with Crippen LogP contribution in [0.15, 0.2) is 35.5 Å². The van der Waals surface area contributed by atoms with Gasteiger partial charge in [-0.3, -0.25) is 4.79 Å². The minimum Gasteiger partial charge on any atom is -0.336 e. The van der Waals surface area contributed by atoms with Crippen molar-refractivity contribution in [3.8, 4) is 0 Å². The van der Waals surface area contributed by atoms with Crippen molar-refractivity contribution in [3.05, 3.63) is 53.1 Å². The number of fused-ring (bicyclic) bond motifs is 2. The van der Waals surface area contributed by atoms with Crippen LogP contribution in [0.25, 0.3) is 0 Å². The number of hydrogen-bond donors (Lipinski definition) is 0. The van der Waals surface area contributed by atoms with Gasteiger partial charge < -0.3 is 4.90 Å². The van der Waals surface area contributed by atoms with E-state index < -0.39 is 0 Å². The third-order valence-electron chi connectivity index (χ3n) is 5.65. The van der Waals surface area contributed by atoms with Crippen molar-refractivity contribution in [2.24, 2.45) is 0 Å². The lowest BCUT2D eigenvalue weighted by atomic mass is 9.85. The normalized spacial score (nSPS) is 24.3. The molecule has 2 atom stereocenters. The maximum Gasteiger partial charge on any atom is 0.233 e. The zero-order valence-electron chi connectivity index (χ0n) is 15.7. The molecule has 2 unspecified atom stereocenters. The number of rotatable bonds is 4. The Balaban J connectivity index is 1.40. The van der Waals surface area contributed by atoms with E-state index in [1.54, 1.807) is 0 Å². The highest BCUT2D eigenvalue weighted by Crippen LogP contribution is 2.43. The van der Waals surface area contributed by atoms with E-state index in [1.165, 1.54) is 29.5 Å². The van der Waals surface area contributed by atoms with Crippen molar-refractivity contribution in [1.82, 2.24) is 14.9 Å². The molecule has 2 aliphatic heterocycles. The quantitative estimate of drug-likeness (QED) is 0.583. The number of carbonyl (C=O) groups is 1. The number of thioether (sulfide) groups is 1. The number of carbonyl (C=O) groups excluding carboxylic acids is 1. The third-order valence-corrected chi connectivity index (χ3v) is 6.48. The van der Waals surface area contributed by atoms with Crippen molar-refractivity contribution in [3.63, 3.8) is 0 Å². The number of piperidine rings is 1. The molecule has 0 radical (unpaired) electrons. The molecule has 2 saturated heterocycles. The van der Waals surface area contributed by atoms with Gasteiger partial charge in [0.15, 0.2) is 5.16 Å². The fourth-order valence-electron chi connectivity index (χ4n) is 4.55. The molecule has 0 saturated carbocycles. The van der Waals surface area contributed by atoms with Crippen LogP contribution >= 0.6 is 11.8 Å². The molecule has 1 amide bonds. The van der Waals surface area contributed by atoms with Gasteiger partial charge in [0.25, 0.3) is 0 Å². The molecule has 142 valence electrons. The highest BCUT2D eigenvalue weighted by molar-refractivity contribution is 7.99. The Morgan fingerprint density at radius 2 is 1.70 bits per heavy atom. The molecule has 4 rings (SSSR count). The Morgan fingerprint density at radius 1 is 1.11 bits per heavy atom. The topological polar surface area (TPSA) is 46.1 Å². The Hall–Kier alpha value is -1.95. The maximum atomic E-state index is 13.2. The van der Waals surface area contributed by atoms with Gasteiger partial charge in [0.1, 0.15) is 5.82 Å².